The van der Waals surface area contributed by atoms with Crippen molar-refractivity contribution in [2.75, 3.05) is 7.05 Å². The molecule has 2 aromatic rings. The molecule has 2 aromatic heterocycles. The van der Waals surface area contributed by atoms with Crippen molar-refractivity contribution < 1.29 is 17.2 Å². The number of halogens is 3. The van der Waals surface area contributed by atoms with E-state index in [1.165, 1.54) is 25.4 Å². The van der Waals surface area contributed by atoms with Gasteiger partial charge >= 0.3 is 6.55 Å². The molecule has 0 aliphatic carbocycles. The summed E-state index contributed by atoms with van der Waals surface area (Å²) in [5.74, 6) is -0.0336. The van der Waals surface area contributed by atoms with Crippen LogP contribution in [0.1, 0.15) is 12.4 Å². The molecule has 0 unspecified atom stereocenters. The van der Waals surface area contributed by atoms with Crippen LogP contribution < -0.4 is 0 Å². The molecular formula is C10H10ClF2N3O2S2. The van der Waals surface area contributed by atoms with Crippen molar-refractivity contribution in [3.8, 4) is 0 Å². The smallest absolute Gasteiger partial charge is 0.277 e. The first-order chi connectivity index (χ1) is 9.32. The third-order valence-corrected chi connectivity index (χ3v) is 6.04. The van der Waals surface area contributed by atoms with E-state index in [1.54, 1.807) is 0 Å². The van der Waals surface area contributed by atoms with E-state index in [-0.39, 0.29) is 16.6 Å². The van der Waals surface area contributed by atoms with E-state index >= 15 is 0 Å². The molecule has 5 nitrogen and oxygen atoms in total. The van der Waals surface area contributed by atoms with Gasteiger partial charge in [0, 0.05) is 19.4 Å². The molecule has 0 radical (unpaired) electrons. The first kappa shape index (κ1) is 15.4. The van der Waals surface area contributed by atoms with Crippen LogP contribution in [0.5, 0.6) is 0 Å². The quantitative estimate of drug-likeness (QED) is 0.840. The Labute approximate surface area is 123 Å². The Bertz CT molecular complexity index is 699. The van der Waals surface area contributed by atoms with Crippen LogP contribution >= 0.6 is 22.9 Å². The monoisotopic (exact) mass is 341 g/mol. The van der Waals surface area contributed by atoms with Gasteiger partial charge in [-0.25, -0.2) is 13.4 Å². The van der Waals surface area contributed by atoms with Gasteiger partial charge in [0.05, 0.1) is 10.9 Å². The Kier molecular flexibility index (Phi) is 4.43. The molecule has 2 rings (SSSR count). The molecule has 0 atom stereocenters. The van der Waals surface area contributed by atoms with E-state index in [0.29, 0.717) is 8.90 Å². The average Bonchev–Trinajstić information content (AvgIpc) is 2.97. The standard InChI is InChI=1S/C10H10ClF2N3O2S2/c1-15(6-8-14-4-5-16(8)10(12)13)20(17,18)9-3-2-7(11)19-9/h2-5,10H,6H2,1H3. The Morgan fingerprint density at radius 3 is 2.75 bits per heavy atom. The van der Waals surface area contributed by atoms with E-state index in [1.807, 2.05) is 0 Å². The van der Waals surface area contributed by atoms with E-state index in [2.05, 4.69) is 4.98 Å². The van der Waals surface area contributed by atoms with Gasteiger partial charge in [0.2, 0.25) is 0 Å². The van der Waals surface area contributed by atoms with Gasteiger partial charge in [-0.3, -0.25) is 4.57 Å². The zero-order valence-electron chi connectivity index (χ0n) is 10.2. The number of nitrogens with zero attached hydrogens (tertiary/aromatic N) is 3. The van der Waals surface area contributed by atoms with Crippen molar-refractivity contribution >= 4 is 33.0 Å². The second-order valence-corrected chi connectivity index (χ2v) is 7.83. The number of alkyl halides is 2. The van der Waals surface area contributed by atoms with Crippen LogP contribution in [0.25, 0.3) is 0 Å². The SMILES string of the molecule is CN(Cc1nccn1C(F)F)S(=O)(=O)c1ccc(Cl)s1. The second-order valence-electron chi connectivity index (χ2n) is 3.85. The zero-order chi connectivity index (χ0) is 14.9. The van der Waals surface area contributed by atoms with Gasteiger partial charge in [-0.1, -0.05) is 11.6 Å². The van der Waals surface area contributed by atoms with Crippen molar-refractivity contribution in [1.82, 2.24) is 13.9 Å². The van der Waals surface area contributed by atoms with Gasteiger partial charge in [0.1, 0.15) is 10.0 Å². The number of hydrogen-bond acceptors (Lipinski definition) is 4. The minimum atomic E-state index is -3.77. The maximum atomic E-state index is 12.7. The lowest BCUT2D eigenvalue weighted by Crippen LogP contribution is -2.27. The molecule has 10 heteroatoms. The summed E-state index contributed by atoms with van der Waals surface area (Å²) in [5.41, 5.74) is 0. The molecule has 0 amide bonds. The van der Waals surface area contributed by atoms with Crippen LogP contribution in [0.2, 0.25) is 4.34 Å². The van der Waals surface area contributed by atoms with Crippen molar-refractivity contribution in [2.24, 2.45) is 0 Å². The molecule has 0 aliphatic heterocycles. The van der Waals surface area contributed by atoms with Gasteiger partial charge < -0.3 is 0 Å². The molecule has 2 heterocycles. The Balaban J connectivity index is 2.23. The number of thiophene rings is 1. The highest BCUT2D eigenvalue weighted by molar-refractivity contribution is 7.91. The third kappa shape index (κ3) is 3.00. The molecular weight excluding hydrogens is 332 g/mol. The first-order valence-electron chi connectivity index (χ1n) is 5.34. The van der Waals surface area contributed by atoms with Crippen LogP contribution in [-0.2, 0) is 16.6 Å². The van der Waals surface area contributed by atoms with Crippen molar-refractivity contribution in [1.29, 1.82) is 0 Å². The second kappa shape index (κ2) is 5.76. The summed E-state index contributed by atoms with van der Waals surface area (Å²) in [6, 6.07) is 2.84. The highest BCUT2D eigenvalue weighted by atomic mass is 35.5. The fourth-order valence-corrected chi connectivity index (χ4v) is 4.34. The fraction of sp³-hybridized carbons (Fsp3) is 0.300. The summed E-state index contributed by atoms with van der Waals surface area (Å²) in [6.45, 7) is -3.02. The Hall–Kier alpha value is -1.03. The summed E-state index contributed by atoms with van der Waals surface area (Å²) in [7, 11) is -2.47. The van der Waals surface area contributed by atoms with Gasteiger partial charge in [-0.05, 0) is 12.1 Å². The molecule has 110 valence electrons. The minimum Gasteiger partial charge on any atom is -0.277 e. The highest BCUT2D eigenvalue weighted by Crippen LogP contribution is 2.28. The number of sulfonamides is 1. The van der Waals surface area contributed by atoms with E-state index in [9.17, 15) is 17.2 Å². The normalized spacial score (nSPS) is 12.5. The van der Waals surface area contributed by atoms with Crippen molar-refractivity contribution in [2.45, 2.75) is 17.3 Å². The molecule has 0 aliphatic rings. The van der Waals surface area contributed by atoms with Gasteiger partial charge in [0.25, 0.3) is 10.0 Å². The van der Waals surface area contributed by atoms with Gasteiger partial charge in [-0.15, -0.1) is 11.3 Å². The molecule has 0 spiro atoms. The van der Waals surface area contributed by atoms with Crippen LogP contribution in [0, 0.1) is 0 Å². The van der Waals surface area contributed by atoms with Crippen LogP contribution in [0.15, 0.2) is 28.7 Å². The van der Waals surface area contributed by atoms with Crippen LogP contribution in [0.4, 0.5) is 8.78 Å². The average molecular weight is 342 g/mol. The summed E-state index contributed by atoms with van der Waals surface area (Å²) >= 11 is 6.61. The molecule has 0 bridgehead atoms. The minimum absolute atomic E-state index is 0.0336. The maximum absolute atomic E-state index is 12.7. The Morgan fingerprint density at radius 1 is 1.50 bits per heavy atom. The topological polar surface area (TPSA) is 55.2 Å². The summed E-state index contributed by atoms with van der Waals surface area (Å²) in [4.78, 5) is 3.74. The molecule has 0 N–H and O–H groups in total. The van der Waals surface area contributed by atoms with E-state index < -0.39 is 16.6 Å². The lowest BCUT2D eigenvalue weighted by atomic mass is 10.6. The molecule has 0 saturated carbocycles. The summed E-state index contributed by atoms with van der Waals surface area (Å²) in [5, 5.41) is 0. The van der Waals surface area contributed by atoms with Crippen molar-refractivity contribution in [3.63, 3.8) is 0 Å². The summed E-state index contributed by atoms with van der Waals surface area (Å²) < 4.78 is 51.7. The zero-order valence-corrected chi connectivity index (χ0v) is 12.6. The molecule has 0 fully saturated rings. The van der Waals surface area contributed by atoms with Crippen LogP contribution in [0.3, 0.4) is 0 Å². The van der Waals surface area contributed by atoms with Gasteiger partial charge in [-0.2, -0.15) is 13.1 Å². The highest BCUT2D eigenvalue weighted by Gasteiger charge is 2.25. The van der Waals surface area contributed by atoms with E-state index in [4.69, 9.17) is 11.6 Å². The predicted molar refractivity (Wildman–Crippen MR) is 71.5 cm³/mol. The fourth-order valence-electron chi connectivity index (χ4n) is 1.52. The predicted octanol–water partition coefficient (Wildman–Crippen LogP) is 2.81. The lowest BCUT2D eigenvalue weighted by molar-refractivity contribution is 0.0658. The Morgan fingerprint density at radius 2 is 2.20 bits per heavy atom. The third-order valence-electron chi connectivity index (χ3n) is 2.54. The maximum Gasteiger partial charge on any atom is 0.319 e. The number of imidazole rings is 1. The van der Waals surface area contributed by atoms with E-state index in [0.717, 1.165) is 21.8 Å². The lowest BCUT2D eigenvalue weighted by Gasteiger charge is -2.16. The van der Waals surface area contributed by atoms with Gasteiger partial charge in [0.15, 0.2) is 0 Å². The first-order valence-corrected chi connectivity index (χ1v) is 7.97. The molecule has 20 heavy (non-hydrogen) atoms. The number of rotatable bonds is 5. The molecule has 0 saturated heterocycles. The number of aromatic nitrogens is 2. The summed E-state index contributed by atoms with van der Waals surface area (Å²) in [6.07, 6.45) is 2.30. The van der Waals surface area contributed by atoms with Crippen molar-refractivity contribution in [3.05, 3.63) is 34.7 Å². The molecule has 0 aromatic carbocycles. The van der Waals surface area contributed by atoms with Crippen LogP contribution in [-0.4, -0.2) is 29.3 Å². The largest absolute Gasteiger partial charge is 0.319 e. The number of hydrogen-bond donors (Lipinski definition) is 0.